The van der Waals surface area contributed by atoms with Gasteiger partial charge in [0.1, 0.15) is 0 Å². The summed E-state index contributed by atoms with van der Waals surface area (Å²) in [5, 5.41) is 3.31. The van der Waals surface area contributed by atoms with E-state index in [1.807, 2.05) is 32.0 Å². The standard InChI is InChI=1S/C15H13BrClNO/c1-9-3-6-14(10(2)7-9)18-15(19)12-8-11(16)4-5-13(12)17/h3-8H,1-2H3,(H,18,19). The first-order valence-electron chi connectivity index (χ1n) is 5.81. The molecule has 19 heavy (non-hydrogen) atoms. The molecule has 0 unspecified atom stereocenters. The molecule has 0 atom stereocenters. The predicted octanol–water partition coefficient (Wildman–Crippen LogP) is 4.97. The second-order valence-electron chi connectivity index (χ2n) is 4.40. The fraction of sp³-hybridized carbons (Fsp3) is 0.133. The largest absolute Gasteiger partial charge is 0.322 e. The number of anilines is 1. The molecule has 1 amide bonds. The third-order valence-electron chi connectivity index (χ3n) is 2.80. The van der Waals surface area contributed by atoms with Crippen molar-refractivity contribution in [3.05, 3.63) is 62.6 Å². The lowest BCUT2D eigenvalue weighted by Gasteiger charge is -2.10. The fourth-order valence-corrected chi connectivity index (χ4v) is 2.38. The summed E-state index contributed by atoms with van der Waals surface area (Å²) >= 11 is 9.38. The van der Waals surface area contributed by atoms with Crippen LogP contribution in [0, 0.1) is 13.8 Å². The Kier molecular flexibility index (Phi) is 4.27. The van der Waals surface area contributed by atoms with E-state index in [2.05, 4.69) is 21.2 Å². The highest BCUT2D eigenvalue weighted by Crippen LogP contribution is 2.23. The van der Waals surface area contributed by atoms with Gasteiger partial charge in [0.25, 0.3) is 5.91 Å². The maximum absolute atomic E-state index is 12.2. The van der Waals surface area contributed by atoms with Crippen molar-refractivity contribution in [3.8, 4) is 0 Å². The van der Waals surface area contributed by atoms with Crippen LogP contribution in [0.25, 0.3) is 0 Å². The highest BCUT2D eigenvalue weighted by Gasteiger charge is 2.12. The first kappa shape index (κ1) is 14.1. The molecule has 0 radical (unpaired) electrons. The lowest BCUT2D eigenvalue weighted by molar-refractivity contribution is 0.102. The number of rotatable bonds is 2. The Morgan fingerprint density at radius 3 is 2.58 bits per heavy atom. The zero-order chi connectivity index (χ0) is 14.0. The van der Waals surface area contributed by atoms with Crippen molar-refractivity contribution in [2.24, 2.45) is 0 Å². The molecule has 2 aromatic carbocycles. The Morgan fingerprint density at radius 1 is 1.16 bits per heavy atom. The van der Waals surface area contributed by atoms with Gasteiger partial charge in [-0.05, 0) is 43.7 Å². The van der Waals surface area contributed by atoms with Crippen LogP contribution in [-0.2, 0) is 0 Å². The van der Waals surface area contributed by atoms with Crippen molar-refractivity contribution in [1.29, 1.82) is 0 Å². The van der Waals surface area contributed by atoms with Crippen LogP contribution < -0.4 is 5.32 Å². The average molecular weight is 339 g/mol. The van der Waals surface area contributed by atoms with Crippen molar-refractivity contribution < 1.29 is 4.79 Å². The summed E-state index contributed by atoms with van der Waals surface area (Å²) < 4.78 is 0.822. The van der Waals surface area contributed by atoms with Crippen LogP contribution in [0.5, 0.6) is 0 Å². The van der Waals surface area contributed by atoms with Gasteiger partial charge >= 0.3 is 0 Å². The molecule has 0 spiro atoms. The number of hydrogen-bond donors (Lipinski definition) is 1. The molecule has 4 heteroatoms. The second-order valence-corrected chi connectivity index (χ2v) is 5.72. The van der Waals surface area contributed by atoms with Gasteiger partial charge in [-0.15, -0.1) is 0 Å². The summed E-state index contributed by atoms with van der Waals surface area (Å²) in [5.74, 6) is -0.210. The number of carbonyl (C=O) groups is 1. The lowest BCUT2D eigenvalue weighted by Crippen LogP contribution is -2.13. The summed E-state index contributed by atoms with van der Waals surface area (Å²) in [5.41, 5.74) is 3.44. The Bertz CT molecular complexity index is 640. The van der Waals surface area contributed by atoms with Gasteiger partial charge in [-0.25, -0.2) is 0 Å². The van der Waals surface area contributed by atoms with Gasteiger partial charge in [0.05, 0.1) is 10.6 Å². The number of benzene rings is 2. The summed E-state index contributed by atoms with van der Waals surface area (Å²) in [7, 11) is 0. The summed E-state index contributed by atoms with van der Waals surface area (Å²) in [4.78, 5) is 12.2. The van der Waals surface area contributed by atoms with E-state index in [9.17, 15) is 4.79 Å². The highest BCUT2D eigenvalue weighted by atomic mass is 79.9. The van der Waals surface area contributed by atoms with E-state index in [0.717, 1.165) is 21.3 Å². The molecule has 0 saturated heterocycles. The number of hydrogen-bond acceptors (Lipinski definition) is 1. The first-order chi connectivity index (χ1) is 8.97. The molecule has 98 valence electrons. The van der Waals surface area contributed by atoms with Crippen molar-refractivity contribution in [3.63, 3.8) is 0 Å². The molecular formula is C15H13BrClNO. The summed E-state index contributed by atoms with van der Waals surface area (Å²) in [6.45, 7) is 3.98. The van der Waals surface area contributed by atoms with Crippen molar-refractivity contribution in [2.75, 3.05) is 5.32 Å². The average Bonchev–Trinajstić information content (AvgIpc) is 2.35. The Balaban J connectivity index is 2.28. The van der Waals surface area contributed by atoms with Gasteiger partial charge in [-0.1, -0.05) is 45.2 Å². The molecule has 0 saturated carbocycles. The molecule has 0 aliphatic carbocycles. The molecule has 1 N–H and O–H groups in total. The fourth-order valence-electron chi connectivity index (χ4n) is 1.81. The van der Waals surface area contributed by atoms with Crippen LogP contribution in [0.15, 0.2) is 40.9 Å². The van der Waals surface area contributed by atoms with Crippen LogP contribution in [-0.4, -0.2) is 5.91 Å². The Hall–Kier alpha value is -1.32. The molecule has 0 aliphatic rings. The number of aryl methyl sites for hydroxylation is 2. The zero-order valence-electron chi connectivity index (χ0n) is 10.6. The zero-order valence-corrected chi connectivity index (χ0v) is 13.0. The van der Waals surface area contributed by atoms with Gasteiger partial charge in [0.15, 0.2) is 0 Å². The molecule has 0 heterocycles. The van der Waals surface area contributed by atoms with E-state index in [4.69, 9.17) is 11.6 Å². The molecule has 0 aliphatic heterocycles. The highest BCUT2D eigenvalue weighted by molar-refractivity contribution is 9.10. The lowest BCUT2D eigenvalue weighted by atomic mass is 10.1. The van der Waals surface area contributed by atoms with Crippen LogP contribution in [0.2, 0.25) is 5.02 Å². The Morgan fingerprint density at radius 2 is 1.89 bits per heavy atom. The monoisotopic (exact) mass is 337 g/mol. The third kappa shape index (κ3) is 3.37. The maximum Gasteiger partial charge on any atom is 0.257 e. The van der Waals surface area contributed by atoms with Crippen LogP contribution in [0.1, 0.15) is 21.5 Å². The van der Waals surface area contributed by atoms with E-state index in [1.54, 1.807) is 18.2 Å². The molecule has 0 bridgehead atoms. The van der Waals surface area contributed by atoms with E-state index in [-0.39, 0.29) is 5.91 Å². The van der Waals surface area contributed by atoms with E-state index in [1.165, 1.54) is 0 Å². The normalized spacial score (nSPS) is 10.3. The van der Waals surface area contributed by atoms with Crippen LogP contribution >= 0.6 is 27.5 Å². The van der Waals surface area contributed by atoms with Crippen LogP contribution in [0.3, 0.4) is 0 Å². The topological polar surface area (TPSA) is 29.1 Å². The van der Waals surface area contributed by atoms with E-state index >= 15 is 0 Å². The van der Waals surface area contributed by atoms with Gasteiger partial charge in [-0.3, -0.25) is 4.79 Å². The smallest absolute Gasteiger partial charge is 0.257 e. The van der Waals surface area contributed by atoms with Crippen molar-refractivity contribution in [1.82, 2.24) is 0 Å². The maximum atomic E-state index is 12.2. The predicted molar refractivity (Wildman–Crippen MR) is 83.0 cm³/mol. The summed E-state index contributed by atoms with van der Waals surface area (Å²) in [6, 6.07) is 11.1. The number of carbonyl (C=O) groups excluding carboxylic acids is 1. The SMILES string of the molecule is Cc1ccc(NC(=O)c2cc(Br)ccc2Cl)c(C)c1. The summed E-state index contributed by atoms with van der Waals surface area (Å²) in [6.07, 6.45) is 0. The molecule has 2 aromatic rings. The van der Waals surface area contributed by atoms with Gasteiger partial charge in [0, 0.05) is 10.2 Å². The minimum atomic E-state index is -0.210. The molecule has 2 rings (SSSR count). The number of nitrogens with one attached hydrogen (secondary N) is 1. The first-order valence-corrected chi connectivity index (χ1v) is 6.98. The van der Waals surface area contributed by atoms with Gasteiger partial charge in [-0.2, -0.15) is 0 Å². The van der Waals surface area contributed by atoms with Crippen molar-refractivity contribution in [2.45, 2.75) is 13.8 Å². The second kappa shape index (κ2) is 5.76. The number of amides is 1. The van der Waals surface area contributed by atoms with Gasteiger partial charge < -0.3 is 5.32 Å². The molecule has 2 nitrogen and oxygen atoms in total. The van der Waals surface area contributed by atoms with Crippen LogP contribution in [0.4, 0.5) is 5.69 Å². The number of halogens is 2. The minimum Gasteiger partial charge on any atom is -0.322 e. The molecule has 0 aromatic heterocycles. The molecular weight excluding hydrogens is 326 g/mol. The molecule has 0 fully saturated rings. The van der Waals surface area contributed by atoms with E-state index in [0.29, 0.717) is 10.6 Å². The minimum absolute atomic E-state index is 0.210. The Labute approximate surface area is 125 Å². The third-order valence-corrected chi connectivity index (χ3v) is 3.63. The van der Waals surface area contributed by atoms with Crippen molar-refractivity contribution >= 4 is 39.1 Å². The quantitative estimate of drug-likeness (QED) is 0.823. The van der Waals surface area contributed by atoms with Gasteiger partial charge in [0.2, 0.25) is 0 Å². The van der Waals surface area contributed by atoms with E-state index < -0.39 is 0 Å².